The molecule has 0 aromatic heterocycles. The first-order valence-corrected chi connectivity index (χ1v) is 6.35. The van der Waals surface area contributed by atoms with Crippen LogP contribution in [0.1, 0.15) is 11.7 Å². The maximum absolute atomic E-state index is 11.6. The predicted octanol–water partition coefficient (Wildman–Crippen LogP) is 1.31. The minimum atomic E-state index is -0.0742. The van der Waals surface area contributed by atoms with E-state index in [9.17, 15) is 4.79 Å². The van der Waals surface area contributed by atoms with Crippen LogP contribution in [0.2, 0.25) is 0 Å². The average Bonchev–Trinajstić information content (AvgIpc) is 2.38. The molecule has 1 atom stereocenters. The van der Waals surface area contributed by atoms with Crippen LogP contribution in [0.4, 0.5) is 0 Å². The molecule has 2 N–H and O–H groups in total. The second-order valence-electron chi connectivity index (χ2n) is 3.92. The molecule has 2 rings (SSSR count). The van der Waals surface area contributed by atoms with Crippen LogP contribution in [-0.2, 0) is 9.53 Å². The summed E-state index contributed by atoms with van der Waals surface area (Å²) in [4.78, 5) is 13.3. The minimum Gasteiger partial charge on any atom is -0.370 e. The van der Waals surface area contributed by atoms with Crippen molar-refractivity contribution in [3.8, 4) is 0 Å². The van der Waals surface area contributed by atoms with Crippen molar-refractivity contribution in [1.29, 1.82) is 0 Å². The van der Waals surface area contributed by atoms with Gasteiger partial charge in [0.25, 0.3) is 0 Å². The van der Waals surface area contributed by atoms with E-state index in [1.165, 1.54) is 0 Å². The summed E-state index contributed by atoms with van der Waals surface area (Å²) in [6, 6.07) is 7.90. The first-order chi connectivity index (χ1) is 8.22. The Bertz CT molecular complexity index is 411. The zero-order valence-corrected chi connectivity index (χ0v) is 11.0. The van der Waals surface area contributed by atoms with E-state index in [-0.39, 0.29) is 18.6 Å². The van der Waals surface area contributed by atoms with Gasteiger partial charge < -0.3 is 15.4 Å². The third-order valence-electron chi connectivity index (χ3n) is 2.85. The summed E-state index contributed by atoms with van der Waals surface area (Å²) in [5.74, 6) is -0.0228. The number of hydrogen-bond donors (Lipinski definition) is 1. The molecule has 1 amide bonds. The van der Waals surface area contributed by atoms with Crippen LogP contribution in [0.15, 0.2) is 28.7 Å². The van der Waals surface area contributed by atoms with E-state index in [2.05, 4.69) is 15.9 Å². The summed E-state index contributed by atoms with van der Waals surface area (Å²) < 4.78 is 6.71. The number of ether oxygens (including phenoxy) is 1. The molecular formula is C12H15BrN2O2. The number of halogens is 1. The smallest absolute Gasteiger partial charge is 0.236 e. The monoisotopic (exact) mass is 298 g/mol. The third kappa shape index (κ3) is 2.86. The van der Waals surface area contributed by atoms with Crippen LogP contribution >= 0.6 is 15.9 Å². The van der Waals surface area contributed by atoms with Crippen LogP contribution in [0.3, 0.4) is 0 Å². The van der Waals surface area contributed by atoms with E-state index >= 15 is 0 Å². The lowest BCUT2D eigenvalue weighted by atomic mass is 10.1. The fourth-order valence-corrected chi connectivity index (χ4v) is 2.47. The summed E-state index contributed by atoms with van der Waals surface area (Å²) in [6.45, 7) is 1.80. The lowest BCUT2D eigenvalue weighted by Crippen LogP contribution is -2.44. The molecule has 1 heterocycles. The number of rotatable bonds is 2. The van der Waals surface area contributed by atoms with Gasteiger partial charge >= 0.3 is 0 Å². The van der Waals surface area contributed by atoms with Crippen LogP contribution in [0.5, 0.6) is 0 Å². The molecule has 1 aliphatic rings. The van der Waals surface area contributed by atoms with Crippen LogP contribution in [0.25, 0.3) is 0 Å². The van der Waals surface area contributed by atoms with Crippen LogP contribution < -0.4 is 5.73 Å². The number of nitrogens with zero attached hydrogens (tertiary/aromatic N) is 1. The summed E-state index contributed by atoms with van der Waals surface area (Å²) >= 11 is 3.50. The van der Waals surface area contributed by atoms with Crippen molar-refractivity contribution >= 4 is 21.8 Å². The van der Waals surface area contributed by atoms with E-state index < -0.39 is 0 Å². The van der Waals surface area contributed by atoms with Gasteiger partial charge in [0.05, 0.1) is 19.7 Å². The van der Waals surface area contributed by atoms with Crippen LogP contribution in [0, 0.1) is 0 Å². The number of carbonyl (C=O) groups is 1. The molecule has 1 aliphatic heterocycles. The highest BCUT2D eigenvalue weighted by molar-refractivity contribution is 9.10. The minimum absolute atomic E-state index is 0.0228. The number of nitrogens with two attached hydrogens (primary N) is 1. The van der Waals surface area contributed by atoms with Gasteiger partial charge in [0.2, 0.25) is 5.91 Å². The highest BCUT2D eigenvalue weighted by atomic mass is 79.9. The lowest BCUT2D eigenvalue weighted by molar-refractivity contribution is -0.137. The second-order valence-corrected chi connectivity index (χ2v) is 4.78. The SMILES string of the molecule is NCC(=O)N1CCOC(c2ccccc2Br)C1. The van der Waals surface area contributed by atoms with Crippen molar-refractivity contribution in [1.82, 2.24) is 4.90 Å². The first-order valence-electron chi connectivity index (χ1n) is 5.56. The topological polar surface area (TPSA) is 55.6 Å². The summed E-state index contributed by atoms with van der Waals surface area (Å²) in [5.41, 5.74) is 6.45. The van der Waals surface area contributed by atoms with Crippen LogP contribution in [-0.4, -0.2) is 37.0 Å². The van der Waals surface area contributed by atoms with E-state index in [1.807, 2.05) is 24.3 Å². The predicted molar refractivity (Wildman–Crippen MR) is 68.5 cm³/mol. The number of morpholine rings is 1. The molecule has 1 aromatic rings. The molecule has 0 aliphatic carbocycles. The van der Waals surface area contributed by atoms with Crippen molar-refractivity contribution in [2.45, 2.75) is 6.10 Å². The summed E-state index contributed by atoms with van der Waals surface area (Å²) in [7, 11) is 0. The molecular weight excluding hydrogens is 284 g/mol. The van der Waals surface area contributed by atoms with Gasteiger partial charge in [0.1, 0.15) is 6.10 Å². The Kier molecular flexibility index (Phi) is 4.15. The Morgan fingerprint density at radius 2 is 2.29 bits per heavy atom. The molecule has 1 fully saturated rings. The standard InChI is InChI=1S/C12H15BrN2O2/c13-10-4-2-1-3-9(10)11-8-15(5-6-17-11)12(16)7-14/h1-4,11H,5-8,14H2. The van der Waals surface area contributed by atoms with E-state index in [4.69, 9.17) is 10.5 Å². The molecule has 1 unspecified atom stereocenters. The van der Waals surface area contributed by atoms with E-state index in [0.29, 0.717) is 19.7 Å². The molecule has 0 spiro atoms. The Morgan fingerprint density at radius 1 is 1.53 bits per heavy atom. The Labute approximate surface area is 109 Å². The van der Waals surface area contributed by atoms with Crippen molar-refractivity contribution in [2.24, 2.45) is 5.73 Å². The zero-order valence-electron chi connectivity index (χ0n) is 9.43. The third-order valence-corrected chi connectivity index (χ3v) is 3.57. The molecule has 92 valence electrons. The molecule has 5 heteroatoms. The number of benzene rings is 1. The summed E-state index contributed by atoms with van der Waals surface area (Å²) in [5, 5.41) is 0. The van der Waals surface area contributed by atoms with Gasteiger partial charge in [0, 0.05) is 11.0 Å². The molecule has 1 saturated heterocycles. The van der Waals surface area contributed by atoms with Crippen molar-refractivity contribution in [3.63, 3.8) is 0 Å². The Morgan fingerprint density at radius 3 is 3.00 bits per heavy atom. The van der Waals surface area contributed by atoms with Gasteiger partial charge in [-0.1, -0.05) is 34.1 Å². The Hall–Kier alpha value is -0.910. The largest absolute Gasteiger partial charge is 0.370 e. The van der Waals surface area contributed by atoms with Crippen molar-refractivity contribution in [3.05, 3.63) is 34.3 Å². The van der Waals surface area contributed by atoms with Gasteiger partial charge in [-0.2, -0.15) is 0 Å². The highest BCUT2D eigenvalue weighted by Crippen LogP contribution is 2.28. The number of amides is 1. The first kappa shape index (κ1) is 12.5. The number of hydrogen-bond acceptors (Lipinski definition) is 3. The maximum Gasteiger partial charge on any atom is 0.236 e. The number of carbonyl (C=O) groups excluding carboxylic acids is 1. The highest BCUT2D eigenvalue weighted by Gasteiger charge is 2.25. The quantitative estimate of drug-likeness (QED) is 0.896. The molecule has 0 saturated carbocycles. The van der Waals surface area contributed by atoms with E-state index in [1.54, 1.807) is 4.90 Å². The van der Waals surface area contributed by atoms with E-state index in [0.717, 1.165) is 10.0 Å². The van der Waals surface area contributed by atoms with Gasteiger partial charge in [-0.15, -0.1) is 0 Å². The molecule has 17 heavy (non-hydrogen) atoms. The van der Waals surface area contributed by atoms with Gasteiger partial charge in [-0.25, -0.2) is 0 Å². The molecule has 4 nitrogen and oxygen atoms in total. The van der Waals surface area contributed by atoms with Gasteiger partial charge in [-0.05, 0) is 11.6 Å². The molecule has 0 radical (unpaired) electrons. The van der Waals surface area contributed by atoms with Gasteiger partial charge in [0.15, 0.2) is 0 Å². The Balaban J connectivity index is 2.12. The normalized spacial score (nSPS) is 20.4. The fraction of sp³-hybridized carbons (Fsp3) is 0.417. The van der Waals surface area contributed by atoms with Crippen molar-refractivity contribution in [2.75, 3.05) is 26.2 Å². The maximum atomic E-state index is 11.6. The van der Waals surface area contributed by atoms with Gasteiger partial charge in [-0.3, -0.25) is 4.79 Å². The lowest BCUT2D eigenvalue weighted by Gasteiger charge is -2.33. The second kappa shape index (κ2) is 5.62. The average molecular weight is 299 g/mol. The van der Waals surface area contributed by atoms with Crippen molar-refractivity contribution < 1.29 is 9.53 Å². The summed E-state index contributed by atoms with van der Waals surface area (Å²) in [6.07, 6.45) is -0.0742. The molecule has 1 aromatic carbocycles. The zero-order chi connectivity index (χ0) is 12.3. The molecule has 0 bridgehead atoms. The fourth-order valence-electron chi connectivity index (χ4n) is 1.93.